The molecule has 1 rings (SSSR count). The van der Waals surface area contributed by atoms with E-state index in [1.54, 1.807) is 0 Å². The molecule has 2 N–H and O–H groups in total. The molecule has 1 aromatic carbocycles. The molecule has 0 atom stereocenters. The molecule has 2 heteroatoms. The summed E-state index contributed by atoms with van der Waals surface area (Å²) in [6.45, 7) is 3.87. The van der Waals surface area contributed by atoms with Crippen LogP contribution >= 0.6 is 0 Å². The fourth-order valence-corrected chi connectivity index (χ4v) is 1.12. The molecule has 0 spiro atoms. The number of hydrogen-bond donors (Lipinski definition) is 1. The summed E-state index contributed by atoms with van der Waals surface area (Å²) in [5.74, 6) is 0. The van der Waals surface area contributed by atoms with Gasteiger partial charge in [-0.05, 0) is 25.0 Å². The minimum Gasteiger partial charge on any atom is -0.390 e. The summed E-state index contributed by atoms with van der Waals surface area (Å²) in [6, 6.07) is 9.87. The molecule has 0 bridgehead atoms. The average molecular weight is 172 g/mol. The zero-order valence-corrected chi connectivity index (χ0v) is 7.83. The Balaban J connectivity index is 3.18. The molecule has 0 aromatic heterocycles. The van der Waals surface area contributed by atoms with Crippen molar-refractivity contribution in [2.24, 2.45) is 5.73 Å². The summed E-state index contributed by atoms with van der Waals surface area (Å²) in [5, 5.41) is 8.60. The number of nitrogens with two attached hydrogens (primary N) is 1. The van der Waals surface area contributed by atoms with E-state index in [1.807, 2.05) is 44.2 Å². The van der Waals surface area contributed by atoms with Crippen molar-refractivity contribution in [1.29, 1.82) is 5.26 Å². The Morgan fingerprint density at radius 3 is 2.69 bits per heavy atom. The molecule has 0 aliphatic rings. The number of nitrogens with zero attached hydrogens (tertiary/aromatic N) is 1. The fraction of sp³-hybridized carbons (Fsp3) is 0.182. The zero-order valence-electron chi connectivity index (χ0n) is 7.83. The highest BCUT2D eigenvalue weighted by Gasteiger charge is 1.99. The van der Waals surface area contributed by atoms with E-state index in [0.717, 1.165) is 11.1 Å². The van der Waals surface area contributed by atoms with Crippen molar-refractivity contribution in [3.05, 3.63) is 41.1 Å². The Morgan fingerprint density at radius 1 is 1.46 bits per heavy atom. The zero-order chi connectivity index (χ0) is 9.84. The predicted octanol–water partition coefficient (Wildman–Crippen LogP) is 2.21. The summed E-state index contributed by atoms with van der Waals surface area (Å²) >= 11 is 0. The van der Waals surface area contributed by atoms with Crippen LogP contribution in [0.3, 0.4) is 0 Å². The lowest BCUT2D eigenvalue weighted by atomic mass is 10.0. The van der Waals surface area contributed by atoms with Crippen LogP contribution in [0.5, 0.6) is 0 Å². The largest absolute Gasteiger partial charge is 0.390 e. The number of aryl methyl sites for hydroxylation is 1. The molecule has 0 amide bonds. The van der Waals surface area contributed by atoms with Crippen LogP contribution in [0.2, 0.25) is 0 Å². The van der Waals surface area contributed by atoms with Crippen molar-refractivity contribution in [2.75, 3.05) is 0 Å². The predicted molar refractivity (Wildman–Crippen MR) is 53.6 cm³/mol. The van der Waals surface area contributed by atoms with Crippen molar-refractivity contribution in [3.63, 3.8) is 0 Å². The van der Waals surface area contributed by atoms with Gasteiger partial charge < -0.3 is 5.73 Å². The van der Waals surface area contributed by atoms with E-state index < -0.39 is 0 Å². The van der Waals surface area contributed by atoms with E-state index in [2.05, 4.69) is 0 Å². The molecule has 13 heavy (non-hydrogen) atoms. The molecular weight excluding hydrogens is 160 g/mol. The molecule has 0 aliphatic heterocycles. The second-order valence-corrected chi connectivity index (χ2v) is 3.02. The Labute approximate surface area is 78.3 Å². The van der Waals surface area contributed by atoms with Gasteiger partial charge in [-0.25, -0.2) is 0 Å². The topological polar surface area (TPSA) is 49.8 Å². The molecule has 0 fully saturated rings. The normalized spacial score (nSPS) is 11.8. The second-order valence-electron chi connectivity index (χ2n) is 3.02. The third-order valence-electron chi connectivity index (χ3n) is 1.98. The Morgan fingerprint density at radius 2 is 2.15 bits per heavy atom. The van der Waals surface area contributed by atoms with Crippen LogP contribution in [0, 0.1) is 18.3 Å². The van der Waals surface area contributed by atoms with Gasteiger partial charge in [0.05, 0.1) is 0 Å². The van der Waals surface area contributed by atoms with Crippen LogP contribution in [0.1, 0.15) is 18.1 Å². The molecule has 0 aliphatic carbocycles. The van der Waals surface area contributed by atoms with E-state index in [-0.39, 0.29) is 5.70 Å². The highest BCUT2D eigenvalue weighted by molar-refractivity contribution is 5.69. The minimum absolute atomic E-state index is 0.283. The van der Waals surface area contributed by atoms with Crippen LogP contribution in [0.15, 0.2) is 30.0 Å². The van der Waals surface area contributed by atoms with Crippen LogP contribution < -0.4 is 5.73 Å². The van der Waals surface area contributed by atoms with Gasteiger partial charge in [0.15, 0.2) is 0 Å². The monoisotopic (exact) mass is 172 g/mol. The van der Waals surface area contributed by atoms with E-state index in [9.17, 15) is 0 Å². The van der Waals surface area contributed by atoms with Gasteiger partial charge in [-0.15, -0.1) is 0 Å². The quantitative estimate of drug-likeness (QED) is 0.660. The van der Waals surface area contributed by atoms with Gasteiger partial charge in [-0.1, -0.05) is 29.8 Å². The fourth-order valence-electron chi connectivity index (χ4n) is 1.12. The first-order chi connectivity index (χ1) is 6.15. The third kappa shape index (κ3) is 2.09. The Kier molecular flexibility index (Phi) is 2.71. The molecule has 0 saturated heterocycles. The van der Waals surface area contributed by atoms with Gasteiger partial charge in [0.25, 0.3) is 0 Å². The number of nitriles is 1. The molecule has 2 nitrogen and oxygen atoms in total. The van der Waals surface area contributed by atoms with Gasteiger partial charge in [-0.3, -0.25) is 0 Å². The smallest absolute Gasteiger partial charge is 0.117 e. The van der Waals surface area contributed by atoms with E-state index in [1.165, 1.54) is 5.56 Å². The molecule has 0 saturated carbocycles. The van der Waals surface area contributed by atoms with Crippen molar-refractivity contribution in [2.45, 2.75) is 13.8 Å². The molecule has 0 heterocycles. The summed E-state index contributed by atoms with van der Waals surface area (Å²) in [7, 11) is 0. The number of benzene rings is 1. The molecule has 66 valence electrons. The average Bonchev–Trinajstić information content (AvgIpc) is 2.15. The highest BCUT2D eigenvalue weighted by atomic mass is 14.6. The maximum atomic E-state index is 8.60. The SMILES string of the molecule is C/C(=C(\N)C#N)c1cccc(C)c1. The van der Waals surface area contributed by atoms with Crippen LogP contribution in [0.4, 0.5) is 0 Å². The summed E-state index contributed by atoms with van der Waals surface area (Å²) in [5.41, 5.74) is 8.82. The van der Waals surface area contributed by atoms with E-state index in [0.29, 0.717) is 0 Å². The van der Waals surface area contributed by atoms with Gasteiger partial charge in [0, 0.05) is 0 Å². The van der Waals surface area contributed by atoms with E-state index >= 15 is 0 Å². The Hall–Kier alpha value is -1.75. The van der Waals surface area contributed by atoms with Crippen molar-refractivity contribution >= 4 is 5.57 Å². The molecule has 1 aromatic rings. The standard InChI is InChI=1S/C11H12N2/c1-8-4-3-5-10(6-8)9(2)11(13)7-12/h3-6H,13H2,1-2H3/b11-9+. The lowest BCUT2D eigenvalue weighted by Gasteiger charge is -2.02. The maximum absolute atomic E-state index is 8.60. The van der Waals surface area contributed by atoms with Crippen LogP contribution in [-0.4, -0.2) is 0 Å². The number of allylic oxidation sites excluding steroid dienone is 2. The third-order valence-corrected chi connectivity index (χ3v) is 1.98. The molecular formula is C11H12N2. The minimum atomic E-state index is 0.283. The van der Waals surface area contributed by atoms with Crippen LogP contribution in [-0.2, 0) is 0 Å². The van der Waals surface area contributed by atoms with Gasteiger partial charge >= 0.3 is 0 Å². The maximum Gasteiger partial charge on any atom is 0.117 e. The lowest BCUT2D eigenvalue weighted by Crippen LogP contribution is -1.97. The lowest BCUT2D eigenvalue weighted by molar-refractivity contribution is 1.36. The summed E-state index contributed by atoms with van der Waals surface area (Å²) in [6.07, 6.45) is 0. The van der Waals surface area contributed by atoms with Gasteiger partial charge in [0.1, 0.15) is 11.8 Å². The van der Waals surface area contributed by atoms with Gasteiger partial charge in [-0.2, -0.15) is 5.26 Å². The van der Waals surface area contributed by atoms with Gasteiger partial charge in [0.2, 0.25) is 0 Å². The van der Waals surface area contributed by atoms with Crippen molar-refractivity contribution in [3.8, 4) is 6.07 Å². The number of rotatable bonds is 1. The molecule has 0 radical (unpaired) electrons. The number of hydrogen-bond acceptors (Lipinski definition) is 2. The van der Waals surface area contributed by atoms with E-state index in [4.69, 9.17) is 11.0 Å². The van der Waals surface area contributed by atoms with Crippen LogP contribution in [0.25, 0.3) is 5.57 Å². The summed E-state index contributed by atoms with van der Waals surface area (Å²) < 4.78 is 0. The highest BCUT2D eigenvalue weighted by Crippen LogP contribution is 2.16. The van der Waals surface area contributed by atoms with Crippen molar-refractivity contribution in [1.82, 2.24) is 0 Å². The Bertz CT molecular complexity index is 383. The second kappa shape index (κ2) is 3.77. The molecule has 0 unspecified atom stereocenters. The first-order valence-corrected chi connectivity index (χ1v) is 4.08. The first kappa shape index (κ1) is 9.34. The first-order valence-electron chi connectivity index (χ1n) is 4.08. The summed E-state index contributed by atoms with van der Waals surface area (Å²) in [4.78, 5) is 0. The van der Waals surface area contributed by atoms with Crippen molar-refractivity contribution < 1.29 is 0 Å².